The van der Waals surface area contributed by atoms with Crippen molar-refractivity contribution in [1.82, 2.24) is 4.72 Å². The van der Waals surface area contributed by atoms with Gasteiger partial charge in [0.1, 0.15) is 10.3 Å². The quantitative estimate of drug-likeness (QED) is 0.756. The first-order chi connectivity index (χ1) is 9.31. The van der Waals surface area contributed by atoms with Crippen LogP contribution in [0.1, 0.15) is 37.7 Å². The molecule has 5 nitrogen and oxygen atoms in total. The van der Waals surface area contributed by atoms with Gasteiger partial charge in [0.2, 0.25) is 0 Å². The van der Waals surface area contributed by atoms with E-state index >= 15 is 0 Å². The molecule has 0 aliphatic heterocycles. The molecule has 1 aliphatic rings. The number of rotatable bonds is 7. The van der Waals surface area contributed by atoms with Crippen LogP contribution in [0.15, 0.2) is 27.8 Å². The van der Waals surface area contributed by atoms with Crippen molar-refractivity contribution in [3.63, 3.8) is 0 Å². The summed E-state index contributed by atoms with van der Waals surface area (Å²) < 4.78 is 27.2. The molecular formula is C13H17NO4S2. The fraction of sp³-hybridized carbons (Fsp3) is 0.462. The lowest BCUT2D eigenvalue weighted by molar-refractivity contribution is -0.138. The number of carboxylic acid groups (broad SMARTS) is 1. The average Bonchev–Trinajstić information content (AvgIpc) is 3.04. The summed E-state index contributed by atoms with van der Waals surface area (Å²) in [4.78, 5) is 11.1. The van der Waals surface area contributed by atoms with Crippen molar-refractivity contribution in [1.29, 1.82) is 0 Å². The summed E-state index contributed by atoms with van der Waals surface area (Å²) in [6, 6.07) is 0.637. The van der Waals surface area contributed by atoms with Gasteiger partial charge in [-0.05, 0) is 49.1 Å². The smallest absolute Gasteiger partial charge is 0.322 e. The van der Waals surface area contributed by atoms with Crippen molar-refractivity contribution >= 4 is 27.3 Å². The molecular weight excluding hydrogens is 298 g/mol. The Kier molecular flexibility index (Phi) is 4.31. The van der Waals surface area contributed by atoms with Crippen LogP contribution < -0.4 is 4.72 Å². The Balaban J connectivity index is 2.22. The second kappa shape index (κ2) is 5.67. The Labute approximate surface area is 122 Å². The summed E-state index contributed by atoms with van der Waals surface area (Å²) >= 11 is 1.13. The molecule has 110 valence electrons. The minimum Gasteiger partial charge on any atom is -0.480 e. The zero-order chi connectivity index (χ0) is 14.9. The minimum absolute atomic E-state index is 0.0820. The highest BCUT2D eigenvalue weighted by atomic mass is 32.2. The van der Waals surface area contributed by atoms with Gasteiger partial charge in [-0.3, -0.25) is 4.79 Å². The van der Waals surface area contributed by atoms with Gasteiger partial charge in [0.15, 0.2) is 0 Å². The Morgan fingerprint density at radius 1 is 1.60 bits per heavy atom. The lowest BCUT2D eigenvalue weighted by Gasteiger charge is -2.14. The maximum atomic E-state index is 12.3. The van der Waals surface area contributed by atoms with Crippen LogP contribution >= 0.6 is 11.3 Å². The van der Waals surface area contributed by atoms with Crippen LogP contribution in [0.25, 0.3) is 0 Å². The Morgan fingerprint density at radius 3 is 2.75 bits per heavy atom. The Hall–Kier alpha value is -1.18. The number of sulfonamides is 1. The molecule has 1 aliphatic carbocycles. The number of hydrogen-bond acceptors (Lipinski definition) is 4. The van der Waals surface area contributed by atoms with Gasteiger partial charge in [0.05, 0.1) is 0 Å². The lowest BCUT2D eigenvalue weighted by atomic mass is 10.1. The normalized spacial score (nSPS) is 16.9. The number of hydrogen-bond donors (Lipinski definition) is 2. The minimum atomic E-state index is -3.80. The number of carbonyl (C=O) groups is 1. The van der Waals surface area contributed by atoms with Gasteiger partial charge in [-0.2, -0.15) is 4.72 Å². The van der Waals surface area contributed by atoms with Gasteiger partial charge in [0.25, 0.3) is 10.0 Å². The third-order valence-electron chi connectivity index (χ3n) is 3.07. The molecule has 0 saturated heterocycles. The Bertz CT molecular complexity index is 629. The maximum absolute atomic E-state index is 12.3. The molecule has 1 aromatic heterocycles. The van der Waals surface area contributed by atoms with Crippen LogP contribution in [-0.4, -0.2) is 25.5 Å². The lowest BCUT2D eigenvalue weighted by Crippen LogP contribution is -2.40. The van der Waals surface area contributed by atoms with Gasteiger partial charge in [-0.1, -0.05) is 5.57 Å². The fourth-order valence-corrected chi connectivity index (χ4v) is 4.73. The molecule has 1 fully saturated rings. The second-order valence-electron chi connectivity index (χ2n) is 5.11. The first kappa shape index (κ1) is 15.2. The molecule has 1 heterocycles. The summed E-state index contributed by atoms with van der Waals surface area (Å²) in [5.74, 6) is -0.890. The van der Waals surface area contributed by atoms with Gasteiger partial charge < -0.3 is 5.11 Å². The highest BCUT2D eigenvalue weighted by Crippen LogP contribution is 2.44. The van der Waals surface area contributed by atoms with E-state index in [2.05, 4.69) is 11.3 Å². The molecule has 1 atom stereocenters. The topological polar surface area (TPSA) is 83.5 Å². The maximum Gasteiger partial charge on any atom is 0.322 e. The van der Waals surface area contributed by atoms with Gasteiger partial charge in [-0.25, -0.2) is 8.42 Å². The van der Waals surface area contributed by atoms with Crippen molar-refractivity contribution in [3.8, 4) is 0 Å². The van der Waals surface area contributed by atoms with E-state index < -0.39 is 22.0 Å². The number of aliphatic carboxylic acids is 1. The largest absolute Gasteiger partial charge is 0.480 e. The van der Waals surface area contributed by atoms with E-state index in [0.29, 0.717) is 11.5 Å². The average molecular weight is 315 g/mol. The third kappa shape index (κ3) is 3.47. The van der Waals surface area contributed by atoms with Crippen LogP contribution in [0, 0.1) is 0 Å². The van der Waals surface area contributed by atoms with Crippen molar-refractivity contribution in [3.05, 3.63) is 29.2 Å². The predicted molar refractivity (Wildman–Crippen MR) is 77.5 cm³/mol. The van der Waals surface area contributed by atoms with Crippen LogP contribution in [0.2, 0.25) is 0 Å². The SMILES string of the molecule is C=C(C)CC(NS(=O)(=O)c1sccc1C1CC1)C(=O)O. The highest BCUT2D eigenvalue weighted by Gasteiger charge is 2.33. The molecule has 1 aromatic rings. The number of nitrogens with one attached hydrogen (secondary N) is 1. The van der Waals surface area contributed by atoms with E-state index in [1.165, 1.54) is 0 Å². The van der Waals surface area contributed by atoms with E-state index in [9.17, 15) is 13.2 Å². The summed E-state index contributed by atoms with van der Waals surface area (Å²) in [6.07, 6.45) is 2.07. The first-order valence-corrected chi connectivity index (χ1v) is 8.64. The first-order valence-electron chi connectivity index (χ1n) is 6.28. The standard InChI is InChI=1S/C13H17NO4S2/c1-8(2)7-11(12(15)16)14-20(17,18)13-10(5-6-19-13)9-3-4-9/h5-6,9,11,14H,1,3-4,7H2,2H3,(H,15,16). The second-order valence-corrected chi connectivity index (χ2v) is 7.94. The van der Waals surface area contributed by atoms with Crippen molar-refractivity contribution in [2.24, 2.45) is 0 Å². The summed E-state index contributed by atoms with van der Waals surface area (Å²) in [5, 5.41) is 10.8. The van der Waals surface area contributed by atoms with Crippen molar-refractivity contribution in [2.75, 3.05) is 0 Å². The number of thiophene rings is 1. The van der Waals surface area contributed by atoms with E-state index in [1.54, 1.807) is 12.3 Å². The van der Waals surface area contributed by atoms with Crippen LogP contribution in [0.3, 0.4) is 0 Å². The predicted octanol–water partition coefficient (Wildman–Crippen LogP) is 2.32. The fourth-order valence-electron chi connectivity index (χ4n) is 1.99. The van der Waals surface area contributed by atoms with Crippen LogP contribution in [-0.2, 0) is 14.8 Å². The van der Waals surface area contributed by atoms with Gasteiger partial charge in [0, 0.05) is 0 Å². The summed E-state index contributed by atoms with van der Waals surface area (Å²) in [6.45, 7) is 5.30. The molecule has 0 amide bonds. The molecule has 0 bridgehead atoms. The van der Waals surface area contributed by atoms with Gasteiger partial charge >= 0.3 is 5.97 Å². The zero-order valence-corrected chi connectivity index (χ0v) is 12.8. The summed E-state index contributed by atoms with van der Waals surface area (Å²) in [7, 11) is -3.80. The molecule has 2 rings (SSSR count). The molecule has 7 heteroatoms. The van der Waals surface area contributed by atoms with Gasteiger partial charge in [-0.15, -0.1) is 17.9 Å². The molecule has 2 N–H and O–H groups in total. The van der Waals surface area contributed by atoms with Crippen LogP contribution in [0.5, 0.6) is 0 Å². The van der Waals surface area contributed by atoms with Crippen molar-refractivity contribution < 1.29 is 18.3 Å². The molecule has 0 spiro atoms. The molecule has 1 unspecified atom stereocenters. The van der Waals surface area contributed by atoms with E-state index in [1.807, 2.05) is 6.07 Å². The highest BCUT2D eigenvalue weighted by molar-refractivity contribution is 7.91. The molecule has 0 aromatic carbocycles. The van der Waals surface area contributed by atoms with Crippen molar-refractivity contribution in [2.45, 2.75) is 42.4 Å². The molecule has 20 heavy (non-hydrogen) atoms. The zero-order valence-electron chi connectivity index (χ0n) is 11.1. The van der Waals surface area contributed by atoms with E-state index in [0.717, 1.165) is 29.7 Å². The summed E-state index contributed by atoms with van der Waals surface area (Å²) in [5.41, 5.74) is 1.43. The van der Waals surface area contributed by atoms with E-state index in [4.69, 9.17) is 5.11 Å². The Morgan fingerprint density at radius 2 is 2.25 bits per heavy atom. The number of carboxylic acids is 1. The third-order valence-corrected chi connectivity index (χ3v) is 6.06. The monoisotopic (exact) mass is 315 g/mol. The molecule has 0 radical (unpaired) electrons. The van der Waals surface area contributed by atoms with E-state index in [-0.39, 0.29) is 10.6 Å². The van der Waals surface area contributed by atoms with Crippen LogP contribution in [0.4, 0.5) is 0 Å². The molecule has 1 saturated carbocycles.